The minimum atomic E-state index is -1.70. The first kappa shape index (κ1) is 18.9. The van der Waals surface area contributed by atoms with Crippen LogP contribution in [-0.4, -0.2) is 42.6 Å². The molecule has 1 heterocycles. The lowest BCUT2D eigenvalue weighted by Crippen LogP contribution is -2.32. The van der Waals surface area contributed by atoms with E-state index in [0.29, 0.717) is 22.2 Å². The molecule has 7 nitrogen and oxygen atoms in total. The Morgan fingerprint density at radius 3 is 2.37 bits per heavy atom. The van der Waals surface area contributed by atoms with Crippen LogP contribution in [0, 0.1) is 0 Å². The topological polar surface area (TPSA) is 96.2 Å². The van der Waals surface area contributed by atoms with Crippen LogP contribution in [0.2, 0.25) is 0 Å². The normalized spacial score (nSPS) is 10.8. The Labute approximate surface area is 161 Å². The number of ether oxygens (including phenoxy) is 2. The van der Waals surface area contributed by atoms with Gasteiger partial charge in [-0.2, -0.15) is 5.10 Å². The third-order valence-corrected chi connectivity index (χ3v) is 4.52. The Balaban J connectivity index is 1.76. The molecule has 0 fully saturated rings. The quantitative estimate of drug-likeness (QED) is 0.328. The second kappa shape index (κ2) is 8.67. The van der Waals surface area contributed by atoms with Gasteiger partial charge in [0.1, 0.15) is 11.5 Å². The number of benzene rings is 2. The van der Waals surface area contributed by atoms with Crippen molar-refractivity contribution in [1.29, 1.82) is 0 Å². The van der Waals surface area contributed by atoms with Crippen molar-refractivity contribution >= 4 is 35.3 Å². The lowest BCUT2D eigenvalue weighted by atomic mass is 9.78. The molecule has 27 heavy (non-hydrogen) atoms. The van der Waals surface area contributed by atoms with Crippen molar-refractivity contribution < 1.29 is 19.5 Å². The molecule has 3 N–H and O–H groups in total. The van der Waals surface area contributed by atoms with E-state index < -0.39 is 7.12 Å². The van der Waals surface area contributed by atoms with Crippen molar-refractivity contribution in [3.05, 3.63) is 53.4 Å². The average molecular weight is 383 g/mol. The molecule has 2 aromatic carbocycles. The Morgan fingerprint density at radius 1 is 1.11 bits per heavy atom. The fourth-order valence-electron chi connectivity index (χ4n) is 2.52. The minimum Gasteiger partial charge on any atom is -0.497 e. The predicted octanol–water partition coefficient (Wildman–Crippen LogP) is 1.95. The first-order valence-corrected chi connectivity index (χ1v) is 8.92. The number of methoxy groups -OCH3 is 2. The number of nitrogens with zero attached hydrogens (tertiary/aromatic N) is 2. The van der Waals surface area contributed by atoms with Gasteiger partial charge in [0.15, 0.2) is 0 Å². The highest BCUT2D eigenvalue weighted by Crippen LogP contribution is 2.24. The van der Waals surface area contributed by atoms with E-state index in [9.17, 15) is 10.0 Å². The summed E-state index contributed by atoms with van der Waals surface area (Å²) < 4.78 is 10.4. The van der Waals surface area contributed by atoms with Gasteiger partial charge in [-0.05, 0) is 12.1 Å². The molecule has 0 aliphatic carbocycles. The summed E-state index contributed by atoms with van der Waals surface area (Å²) in [6.07, 6.45) is 1.57. The maximum Gasteiger partial charge on any atom is 0.496 e. The lowest BCUT2D eigenvalue weighted by Gasteiger charge is -2.13. The molecular weight excluding hydrogens is 365 g/mol. The summed E-state index contributed by atoms with van der Waals surface area (Å²) in [6, 6.07) is 13.2. The highest BCUT2D eigenvalue weighted by molar-refractivity contribution is 7.14. The third kappa shape index (κ3) is 4.46. The van der Waals surface area contributed by atoms with E-state index in [2.05, 4.69) is 15.5 Å². The maximum atomic E-state index is 9.50. The lowest BCUT2D eigenvalue weighted by molar-refractivity contribution is 0.385. The summed E-state index contributed by atoms with van der Waals surface area (Å²) in [5, 5.41) is 25.8. The molecule has 9 heteroatoms. The summed E-state index contributed by atoms with van der Waals surface area (Å²) in [6.45, 7) is 0. The number of hydrazone groups is 1. The fourth-order valence-corrected chi connectivity index (χ4v) is 3.19. The number of nitrogens with one attached hydrogen (secondary N) is 1. The van der Waals surface area contributed by atoms with Crippen molar-refractivity contribution in [2.45, 2.75) is 0 Å². The minimum absolute atomic E-state index is 0.164. The molecule has 0 radical (unpaired) electrons. The first-order chi connectivity index (χ1) is 13.1. The van der Waals surface area contributed by atoms with Gasteiger partial charge in [-0.1, -0.05) is 30.3 Å². The van der Waals surface area contributed by atoms with Crippen LogP contribution in [-0.2, 0) is 0 Å². The second-order valence-corrected chi connectivity index (χ2v) is 6.34. The molecule has 0 bridgehead atoms. The zero-order valence-corrected chi connectivity index (χ0v) is 15.6. The highest BCUT2D eigenvalue weighted by Gasteiger charge is 2.23. The molecule has 0 aliphatic heterocycles. The van der Waals surface area contributed by atoms with Crippen molar-refractivity contribution in [3.8, 4) is 22.8 Å². The first-order valence-electron chi connectivity index (χ1n) is 8.04. The van der Waals surface area contributed by atoms with Crippen molar-refractivity contribution in [1.82, 2.24) is 4.98 Å². The Hall–Kier alpha value is -2.88. The van der Waals surface area contributed by atoms with Crippen LogP contribution in [0.4, 0.5) is 5.13 Å². The summed E-state index contributed by atoms with van der Waals surface area (Å²) in [5.74, 6) is 0.595. The van der Waals surface area contributed by atoms with E-state index >= 15 is 0 Å². The Morgan fingerprint density at radius 2 is 1.78 bits per heavy atom. The van der Waals surface area contributed by atoms with E-state index in [1.54, 1.807) is 18.3 Å². The molecule has 0 saturated carbocycles. The van der Waals surface area contributed by atoms with Gasteiger partial charge in [0, 0.05) is 16.5 Å². The standard InChI is InChI=1S/C18H18BN3O4S/c1-25-15-8-12(9-16(26-2)17(15)19(23)24)10-20-22-18-21-14(11-27-18)13-6-4-3-5-7-13/h3-11,23-24H,1-2H3,(H,21,22). The molecule has 0 amide bonds. The molecule has 3 aromatic rings. The van der Waals surface area contributed by atoms with Crippen molar-refractivity contribution in [3.63, 3.8) is 0 Å². The number of anilines is 1. The zero-order chi connectivity index (χ0) is 19.2. The van der Waals surface area contributed by atoms with Gasteiger partial charge in [-0.25, -0.2) is 4.98 Å². The summed E-state index contributed by atoms with van der Waals surface area (Å²) in [4.78, 5) is 4.49. The van der Waals surface area contributed by atoms with Crippen LogP contribution < -0.4 is 20.4 Å². The molecule has 0 unspecified atom stereocenters. The molecule has 0 saturated heterocycles. The van der Waals surface area contributed by atoms with Gasteiger partial charge in [-0.15, -0.1) is 11.3 Å². The van der Waals surface area contributed by atoms with Crippen molar-refractivity contribution in [2.75, 3.05) is 19.6 Å². The molecule has 0 atom stereocenters. The van der Waals surface area contributed by atoms with Gasteiger partial charge in [0.25, 0.3) is 0 Å². The van der Waals surface area contributed by atoms with Gasteiger partial charge < -0.3 is 19.5 Å². The van der Waals surface area contributed by atoms with E-state index in [0.717, 1.165) is 11.3 Å². The van der Waals surface area contributed by atoms with Crippen LogP contribution >= 0.6 is 11.3 Å². The second-order valence-electron chi connectivity index (χ2n) is 5.49. The Bertz CT molecular complexity index is 906. The summed E-state index contributed by atoms with van der Waals surface area (Å²) in [5.41, 5.74) is 5.64. The van der Waals surface area contributed by atoms with Crippen molar-refractivity contribution in [2.24, 2.45) is 5.10 Å². The number of aromatic nitrogens is 1. The average Bonchev–Trinajstić information content (AvgIpc) is 3.16. The largest absolute Gasteiger partial charge is 0.497 e. The fraction of sp³-hybridized carbons (Fsp3) is 0.111. The summed E-state index contributed by atoms with van der Waals surface area (Å²) in [7, 11) is 1.19. The molecule has 1 aromatic heterocycles. The number of rotatable bonds is 7. The van der Waals surface area contributed by atoms with Crippen LogP contribution in [0.25, 0.3) is 11.3 Å². The van der Waals surface area contributed by atoms with Gasteiger partial charge >= 0.3 is 7.12 Å². The number of thiazole rings is 1. The Kier molecular flexibility index (Phi) is 6.07. The predicted molar refractivity (Wildman–Crippen MR) is 108 cm³/mol. The van der Waals surface area contributed by atoms with Crippen LogP contribution in [0.15, 0.2) is 52.9 Å². The monoisotopic (exact) mass is 383 g/mol. The van der Waals surface area contributed by atoms with E-state index in [1.807, 2.05) is 35.7 Å². The molecule has 0 spiro atoms. The van der Waals surface area contributed by atoms with Crippen LogP contribution in [0.3, 0.4) is 0 Å². The number of hydrogen-bond acceptors (Lipinski definition) is 8. The zero-order valence-electron chi connectivity index (χ0n) is 14.8. The molecule has 138 valence electrons. The van der Waals surface area contributed by atoms with E-state index in [1.165, 1.54) is 25.6 Å². The maximum absolute atomic E-state index is 9.50. The van der Waals surface area contributed by atoms with Crippen LogP contribution in [0.5, 0.6) is 11.5 Å². The third-order valence-electron chi connectivity index (χ3n) is 3.77. The number of hydrogen-bond donors (Lipinski definition) is 3. The smallest absolute Gasteiger partial charge is 0.496 e. The SMILES string of the molecule is COc1cc(C=NNc2nc(-c3ccccc3)cs2)cc(OC)c1B(O)O. The van der Waals surface area contributed by atoms with Crippen LogP contribution in [0.1, 0.15) is 5.56 Å². The van der Waals surface area contributed by atoms with Gasteiger partial charge in [-0.3, -0.25) is 5.43 Å². The molecule has 3 rings (SSSR count). The molecule has 0 aliphatic rings. The van der Waals surface area contributed by atoms with Gasteiger partial charge in [0.05, 0.1) is 31.6 Å². The summed E-state index contributed by atoms with van der Waals surface area (Å²) >= 11 is 1.45. The van der Waals surface area contributed by atoms with E-state index in [4.69, 9.17) is 9.47 Å². The molecular formula is C18H18BN3O4S. The highest BCUT2D eigenvalue weighted by atomic mass is 32.1. The van der Waals surface area contributed by atoms with Gasteiger partial charge in [0.2, 0.25) is 5.13 Å². The van der Waals surface area contributed by atoms with E-state index in [-0.39, 0.29) is 5.46 Å².